The molecule has 16 heteroatoms. The Morgan fingerprint density at radius 3 is 2.60 bits per heavy atom. The van der Waals surface area contributed by atoms with Crippen LogP contribution in [0.5, 0.6) is 0 Å². The van der Waals surface area contributed by atoms with Gasteiger partial charge in [0.05, 0.1) is 21.9 Å². The number of halogens is 2. The molecule has 0 unspecified atom stereocenters. The number of hydrogen-bond acceptors (Lipinski definition) is 10. The fourth-order valence-electron chi connectivity index (χ4n) is 5.29. The van der Waals surface area contributed by atoms with Crippen LogP contribution < -0.4 is 9.62 Å². The molecule has 42 heavy (non-hydrogen) atoms. The molecule has 2 aliphatic rings. The van der Waals surface area contributed by atoms with Crippen molar-refractivity contribution in [2.24, 2.45) is 5.92 Å². The second-order valence-corrected chi connectivity index (χ2v) is 13.6. The SMILES string of the molecule is CC(C)C(=O)N1CCN(c2ncnc3c2c2ccc(S(=O)(=O)NC4(C#N)CC4)cc2n3-c2nnc(C(F)F)s2)C[C@H]1C. The third kappa shape index (κ3) is 4.74. The lowest BCUT2D eigenvalue weighted by Gasteiger charge is -2.41. The number of hydrogen-bond donors (Lipinski definition) is 1. The zero-order valence-electron chi connectivity index (χ0n) is 23.0. The summed E-state index contributed by atoms with van der Waals surface area (Å²) in [5.41, 5.74) is -0.422. The van der Waals surface area contributed by atoms with Gasteiger partial charge in [0, 0.05) is 37.0 Å². The van der Waals surface area contributed by atoms with Gasteiger partial charge in [-0.15, -0.1) is 10.2 Å². The van der Waals surface area contributed by atoms with Crippen LogP contribution >= 0.6 is 11.3 Å². The van der Waals surface area contributed by atoms with Crippen molar-refractivity contribution in [1.29, 1.82) is 5.26 Å². The van der Waals surface area contributed by atoms with Crippen LogP contribution in [0.1, 0.15) is 45.0 Å². The number of alkyl halides is 2. The normalized spacial score (nSPS) is 18.8. The molecule has 0 spiro atoms. The van der Waals surface area contributed by atoms with Gasteiger partial charge in [-0.2, -0.15) is 9.98 Å². The van der Waals surface area contributed by atoms with Gasteiger partial charge in [-0.05, 0) is 31.9 Å². The molecular weight excluding hydrogens is 588 g/mol. The Bertz CT molecular complexity index is 1860. The fraction of sp³-hybridized carbons (Fsp3) is 0.462. The zero-order valence-corrected chi connectivity index (χ0v) is 24.6. The molecule has 1 saturated heterocycles. The number of nitriles is 1. The number of anilines is 1. The van der Waals surface area contributed by atoms with Crippen molar-refractivity contribution >= 4 is 55.0 Å². The van der Waals surface area contributed by atoms with Crippen LogP contribution in [0.4, 0.5) is 14.6 Å². The molecule has 3 aromatic heterocycles. The van der Waals surface area contributed by atoms with Gasteiger partial charge < -0.3 is 9.80 Å². The van der Waals surface area contributed by atoms with Crippen molar-refractivity contribution in [3.05, 3.63) is 29.5 Å². The van der Waals surface area contributed by atoms with Gasteiger partial charge in [0.2, 0.25) is 21.1 Å². The highest BCUT2D eigenvalue weighted by Gasteiger charge is 2.47. The van der Waals surface area contributed by atoms with E-state index in [0.717, 1.165) is 0 Å². The molecule has 220 valence electrons. The first-order valence-electron chi connectivity index (χ1n) is 13.4. The van der Waals surface area contributed by atoms with E-state index in [0.29, 0.717) is 71.6 Å². The second kappa shape index (κ2) is 10.2. The number of fused-ring (bicyclic) bond motifs is 3. The number of nitrogens with zero attached hydrogens (tertiary/aromatic N) is 8. The van der Waals surface area contributed by atoms with Gasteiger partial charge in [-0.1, -0.05) is 31.3 Å². The number of piperazine rings is 1. The molecule has 1 atom stereocenters. The van der Waals surface area contributed by atoms with E-state index in [-0.39, 0.29) is 27.9 Å². The number of benzene rings is 1. The minimum Gasteiger partial charge on any atom is -0.352 e. The van der Waals surface area contributed by atoms with Crippen LogP contribution in [0.3, 0.4) is 0 Å². The van der Waals surface area contributed by atoms with E-state index in [4.69, 9.17) is 0 Å². The maximum atomic E-state index is 13.5. The Morgan fingerprint density at radius 1 is 1.21 bits per heavy atom. The highest BCUT2D eigenvalue weighted by Crippen LogP contribution is 2.40. The monoisotopic (exact) mass is 615 g/mol. The summed E-state index contributed by atoms with van der Waals surface area (Å²) in [5.74, 6) is 0.515. The molecule has 1 amide bonds. The summed E-state index contributed by atoms with van der Waals surface area (Å²) in [6.07, 6.45) is -0.636. The van der Waals surface area contributed by atoms with Gasteiger partial charge >= 0.3 is 0 Å². The number of amides is 1. The molecule has 4 heterocycles. The van der Waals surface area contributed by atoms with Crippen LogP contribution in [0.25, 0.3) is 27.1 Å². The van der Waals surface area contributed by atoms with Crippen molar-refractivity contribution < 1.29 is 22.0 Å². The zero-order chi connectivity index (χ0) is 30.0. The maximum absolute atomic E-state index is 13.5. The van der Waals surface area contributed by atoms with Gasteiger partial charge in [0.25, 0.3) is 6.43 Å². The van der Waals surface area contributed by atoms with Gasteiger partial charge in [-0.25, -0.2) is 27.2 Å². The lowest BCUT2D eigenvalue weighted by Crippen LogP contribution is -2.55. The first-order valence-corrected chi connectivity index (χ1v) is 15.7. The largest absolute Gasteiger partial charge is 0.352 e. The lowest BCUT2D eigenvalue weighted by atomic mass is 10.1. The molecule has 2 fully saturated rings. The van der Waals surface area contributed by atoms with E-state index in [2.05, 4.69) is 24.9 Å². The summed E-state index contributed by atoms with van der Waals surface area (Å²) in [5, 5.41) is 17.8. The highest BCUT2D eigenvalue weighted by molar-refractivity contribution is 7.89. The van der Waals surface area contributed by atoms with Crippen LogP contribution in [0.2, 0.25) is 0 Å². The number of sulfonamides is 1. The third-order valence-corrected chi connectivity index (χ3v) is 10.1. The summed E-state index contributed by atoms with van der Waals surface area (Å²) >= 11 is 0.678. The van der Waals surface area contributed by atoms with Crippen molar-refractivity contribution in [3.8, 4) is 11.2 Å². The van der Waals surface area contributed by atoms with Crippen LogP contribution in [0.15, 0.2) is 29.4 Å². The Morgan fingerprint density at radius 2 is 1.98 bits per heavy atom. The van der Waals surface area contributed by atoms with E-state index in [1.807, 2.05) is 36.6 Å². The number of carbonyl (C=O) groups excluding carboxylic acids is 1. The van der Waals surface area contributed by atoms with Crippen molar-refractivity contribution in [2.45, 2.75) is 56.5 Å². The van der Waals surface area contributed by atoms with Crippen LogP contribution in [0, 0.1) is 17.2 Å². The molecule has 1 aliphatic carbocycles. The summed E-state index contributed by atoms with van der Waals surface area (Å²) in [6, 6.07) is 6.40. The molecule has 12 nitrogen and oxygen atoms in total. The quantitative estimate of drug-likeness (QED) is 0.330. The molecule has 6 rings (SSSR count). The average Bonchev–Trinajstić information content (AvgIpc) is 3.40. The minimum absolute atomic E-state index is 0.0735. The molecule has 1 N–H and O–H groups in total. The first kappa shape index (κ1) is 28.3. The predicted octanol–water partition coefficient (Wildman–Crippen LogP) is 3.39. The van der Waals surface area contributed by atoms with E-state index in [1.54, 1.807) is 6.07 Å². The van der Waals surface area contributed by atoms with E-state index >= 15 is 0 Å². The number of nitrogens with one attached hydrogen (secondary N) is 1. The maximum Gasteiger partial charge on any atom is 0.291 e. The van der Waals surface area contributed by atoms with E-state index < -0.39 is 27.0 Å². The predicted molar refractivity (Wildman–Crippen MR) is 151 cm³/mol. The van der Waals surface area contributed by atoms with Gasteiger partial charge in [-0.3, -0.25) is 9.36 Å². The number of carbonyl (C=O) groups is 1. The van der Waals surface area contributed by atoms with Crippen molar-refractivity contribution in [2.75, 3.05) is 24.5 Å². The molecule has 1 aromatic carbocycles. The topological polar surface area (TPSA) is 150 Å². The smallest absolute Gasteiger partial charge is 0.291 e. The molecule has 0 bridgehead atoms. The minimum atomic E-state index is -4.09. The fourth-order valence-corrected chi connectivity index (χ4v) is 7.40. The Labute approximate surface area is 244 Å². The van der Waals surface area contributed by atoms with Gasteiger partial charge in [0.15, 0.2) is 10.7 Å². The van der Waals surface area contributed by atoms with Gasteiger partial charge in [0.1, 0.15) is 17.7 Å². The standard InChI is InChI=1S/C26H27F2N9O3S2/c1-14(2)24(38)36-9-8-35(11-15(36)3)21-19-17-5-4-16(42(39,40)34-26(12-29)6-7-26)10-18(17)37(22(19)31-13-30-21)25-33-32-23(41-25)20(27)28/h4-5,10,13-15,20,34H,6-9,11H2,1-3H3/t15-/m1/s1. The highest BCUT2D eigenvalue weighted by atomic mass is 32.2. The summed E-state index contributed by atoms with van der Waals surface area (Å²) in [4.78, 5) is 25.6. The van der Waals surface area contributed by atoms with Crippen LogP contribution in [-0.4, -0.2) is 75.2 Å². The van der Waals surface area contributed by atoms with E-state index in [9.17, 15) is 27.3 Å². The summed E-state index contributed by atoms with van der Waals surface area (Å²) < 4.78 is 57.5. The van der Waals surface area contributed by atoms with Crippen molar-refractivity contribution in [1.82, 2.24) is 34.4 Å². The van der Waals surface area contributed by atoms with Crippen molar-refractivity contribution in [3.63, 3.8) is 0 Å². The average molecular weight is 616 g/mol. The Kier molecular flexibility index (Phi) is 6.86. The molecule has 0 radical (unpaired) electrons. The third-order valence-electron chi connectivity index (χ3n) is 7.61. The molecule has 1 saturated carbocycles. The summed E-state index contributed by atoms with van der Waals surface area (Å²) in [7, 11) is -4.09. The second-order valence-electron chi connectivity index (χ2n) is 10.9. The van der Waals surface area contributed by atoms with E-state index in [1.165, 1.54) is 23.0 Å². The molecule has 4 aromatic rings. The summed E-state index contributed by atoms with van der Waals surface area (Å²) in [6.45, 7) is 7.20. The lowest BCUT2D eigenvalue weighted by molar-refractivity contribution is -0.136. The number of aromatic nitrogens is 5. The Hall–Kier alpha value is -3.81. The molecular formula is C26H27F2N9O3S2. The Balaban J connectivity index is 1.51. The first-order chi connectivity index (χ1) is 19.9. The number of rotatable bonds is 7. The van der Waals surface area contributed by atoms with Crippen LogP contribution in [-0.2, 0) is 14.8 Å². The molecule has 1 aliphatic heterocycles.